The van der Waals surface area contributed by atoms with Gasteiger partial charge in [0.25, 0.3) is 11.8 Å². The molecule has 1 unspecified atom stereocenters. The van der Waals surface area contributed by atoms with Crippen LogP contribution in [0.15, 0.2) is 36.4 Å². The Bertz CT molecular complexity index is 2160. The number of carbonyl (C=O) groups excluding carboxylic acids is 7. The third kappa shape index (κ3) is 7.98. The van der Waals surface area contributed by atoms with Crippen molar-refractivity contribution in [2.24, 2.45) is 5.92 Å². The number of piperidine rings is 1. The van der Waals surface area contributed by atoms with Crippen LogP contribution in [0.5, 0.6) is 0 Å². The quantitative estimate of drug-likeness (QED) is 0.180. The zero-order chi connectivity index (χ0) is 39.8. The Morgan fingerprint density at radius 1 is 0.947 bits per heavy atom. The molecule has 0 spiro atoms. The molecule has 8 rings (SSSR count). The number of thiazole rings is 1. The summed E-state index contributed by atoms with van der Waals surface area (Å²) in [4.78, 5) is 101. The first-order valence-electron chi connectivity index (χ1n) is 19.5. The predicted octanol–water partition coefficient (Wildman–Crippen LogP) is 3.40. The van der Waals surface area contributed by atoms with Crippen molar-refractivity contribution in [3.63, 3.8) is 0 Å². The van der Waals surface area contributed by atoms with Gasteiger partial charge in [-0.3, -0.25) is 43.9 Å². The smallest absolute Gasteiger partial charge is 0.409 e. The number of piperazine rings is 1. The average molecular weight is 797 g/mol. The van der Waals surface area contributed by atoms with Gasteiger partial charge in [0.15, 0.2) is 5.13 Å². The van der Waals surface area contributed by atoms with Crippen LogP contribution in [0.4, 0.5) is 21.3 Å². The number of rotatable bonds is 12. The van der Waals surface area contributed by atoms with Crippen LogP contribution in [-0.4, -0.2) is 120 Å². The van der Waals surface area contributed by atoms with Crippen molar-refractivity contribution in [3.05, 3.63) is 58.0 Å². The third-order valence-electron chi connectivity index (χ3n) is 11.1. The van der Waals surface area contributed by atoms with E-state index in [4.69, 9.17) is 9.72 Å². The van der Waals surface area contributed by atoms with Crippen molar-refractivity contribution in [2.45, 2.75) is 57.9 Å². The summed E-state index contributed by atoms with van der Waals surface area (Å²) in [5, 5.41) is 8.87. The van der Waals surface area contributed by atoms with Crippen LogP contribution < -0.4 is 20.9 Å². The van der Waals surface area contributed by atoms with Gasteiger partial charge in [0.2, 0.25) is 23.6 Å². The SMILES string of the molecule is Cc1sc(NC(=O)CN2CCN(C(=O)OCCCCNc3cccc4c3C(=O)N(C3CCC(=O)NC3=O)C4=O)CC2)nc1-c1ccc2c(c1)CCN2C(=O)C1CC1. The van der Waals surface area contributed by atoms with Crippen LogP contribution in [0.2, 0.25) is 0 Å². The van der Waals surface area contributed by atoms with Crippen molar-refractivity contribution in [1.82, 2.24) is 25.0 Å². The standard InChI is InChI=1S/C40H44N8O8S/c1-23-34(26-9-10-29-25(21-26)13-15-47(29)36(52)24-7-8-24)44-39(57-23)43-32(50)22-45-16-18-46(19-17-45)40(55)56-20-3-2-14-41-28-6-4-5-27-33(28)38(54)48(37(27)53)30-11-12-31(49)42-35(30)51/h4-6,9-10,21,24,30,41H,2-3,7-8,11-20,22H2,1H3,(H,42,49,51)(H,43,44,50). The summed E-state index contributed by atoms with van der Waals surface area (Å²) < 4.78 is 5.51. The number of nitrogens with one attached hydrogen (secondary N) is 3. The summed E-state index contributed by atoms with van der Waals surface area (Å²) in [5.74, 6) is -1.99. The topological polar surface area (TPSA) is 191 Å². The Labute approximate surface area is 332 Å². The largest absolute Gasteiger partial charge is 0.449 e. The number of imide groups is 2. The van der Waals surface area contributed by atoms with Gasteiger partial charge in [0.05, 0.1) is 30.0 Å². The Morgan fingerprint density at radius 3 is 2.53 bits per heavy atom. The molecule has 2 aromatic carbocycles. The van der Waals surface area contributed by atoms with E-state index < -0.39 is 35.8 Å². The highest BCUT2D eigenvalue weighted by molar-refractivity contribution is 7.16. The van der Waals surface area contributed by atoms with Crippen molar-refractivity contribution >= 4 is 69.4 Å². The molecule has 298 valence electrons. The lowest BCUT2D eigenvalue weighted by Crippen LogP contribution is -2.54. The molecule has 5 aliphatic rings. The highest BCUT2D eigenvalue weighted by Gasteiger charge is 2.45. The van der Waals surface area contributed by atoms with Crippen LogP contribution in [0.3, 0.4) is 0 Å². The van der Waals surface area contributed by atoms with Crippen LogP contribution in [0, 0.1) is 12.8 Å². The molecule has 0 radical (unpaired) electrons. The molecule has 4 aliphatic heterocycles. The lowest BCUT2D eigenvalue weighted by atomic mass is 10.0. The van der Waals surface area contributed by atoms with Gasteiger partial charge in [-0.1, -0.05) is 12.1 Å². The second kappa shape index (κ2) is 16.1. The number of amides is 7. The van der Waals surface area contributed by atoms with E-state index in [1.165, 1.54) is 11.3 Å². The number of hydrogen-bond donors (Lipinski definition) is 3. The van der Waals surface area contributed by atoms with E-state index in [1.54, 1.807) is 23.1 Å². The van der Waals surface area contributed by atoms with E-state index >= 15 is 0 Å². The number of nitrogens with zero attached hydrogens (tertiary/aromatic N) is 5. The van der Waals surface area contributed by atoms with Gasteiger partial charge < -0.3 is 25.2 Å². The second-order valence-electron chi connectivity index (χ2n) is 15.0. The monoisotopic (exact) mass is 796 g/mol. The van der Waals surface area contributed by atoms with Crippen molar-refractivity contribution in [1.29, 1.82) is 0 Å². The molecule has 5 heterocycles. The number of carbonyl (C=O) groups is 7. The molecule has 1 aromatic heterocycles. The van der Waals surface area contributed by atoms with Crippen LogP contribution in [0.1, 0.15) is 69.7 Å². The predicted molar refractivity (Wildman–Crippen MR) is 210 cm³/mol. The summed E-state index contributed by atoms with van der Waals surface area (Å²) in [6.07, 6.45) is 3.70. The first kappa shape index (κ1) is 38.2. The van der Waals surface area contributed by atoms with E-state index in [0.29, 0.717) is 62.9 Å². The summed E-state index contributed by atoms with van der Waals surface area (Å²) in [7, 11) is 0. The molecule has 3 fully saturated rings. The molecule has 7 amide bonds. The number of anilines is 3. The minimum absolute atomic E-state index is 0.0495. The fraction of sp³-hybridized carbons (Fsp3) is 0.450. The van der Waals surface area contributed by atoms with Gasteiger partial charge in [-0.25, -0.2) is 9.78 Å². The first-order valence-corrected chi connectivity index (χ1v) is 20.3. The maximum Gasteiger partial charge on any atom is 0.409 e. The first-order chi connectivity index (χ1) is 27.5. The van der Waals surface area contributed by atoms with E-state index in [-0.39, 0.29) is 54.9 Å². The highest BCUT2D eigenvalue weighted by Crippen LogP contribution is 2.39. The molecule has 57 heavy (non-hydrogen) atoms. The molecule has 3 N–H and O–H groups in total. The minimum Gasteiger partial charge on any atom is -0.449 e. The Balaban J connectivity index is 0.737. The second-order valence-corrected chi connectivity index (χ2v) is 16.2. The van der Waals surface area contributed by atoms with Crippen LogP contribution in [-0.2, 0) is 30.3 Å². The molecule has 1 saturated carbocycles. The maximum atomic E-state index is 13.3. The molecule has 17 heteroatoms. The molecule has 0 bridgehead atoms. The number of aryl methyl sites for hydroxylation is 1. The van der Waals surface area contributed by atoms with Crippen molar-refractivity contribution in [3.8, 4) is 11.3 Å². The molecule has 1 aliphatic carbocycles. The zero-order valence-electron chi connectivity index (χ0n) is 31.6. The Hall–Kier alpha value is -5.68. The molecule has 1 atom stereocenters. The normalized spacial score (nSPS) is 19.4. The fourth-order valence-electron chi connectivity index (χ4n) is 7.86. The van der Waals surface area contributed by atoms with E-state index in [2.05, 4.69) is 22.0 Å². The average Bonchev–Trinajstić information content (AvgIpc) is 3.79. The molecular weight excluding hydrogens is 753 g/mol. The Kier molecular flexibility index (Phi) is 10.8. The van der Waals surface area contributed by atoms with Gasteiger partial charge in [-0.2, -0.15) is 0 Å². The van der Waals surface area contributed by atoms with E-state index in [0.717, 1.165) is 51.5 Å². The van der Waals surface area contributed by atoms with Gasteiger partial charge in [-0.05, 0) is 75.3 Å². The number of ether oxygens (including phenoxy) is 1. The lowest BCUT2D eigenvalue weighted by Gasteiger charge is -2.33. The summed E-state index contributed by atoms with van der Waals surface area (Å²) in [6, 6.07) is 9.99. The number of benzene rings is 2. The van der Waals surface area contributed by atoms with Crippen LogP contribution >= 0.6 is 11.3 Å². The third-order valence-corrected chi connectivity index (χ3v) is 11.9. The Morgan fingerprint density at radius 2 is 1.75 bits per heavy atom. The van der Waals surface area contributed by atoms with E-state index in [9.17, 15) is 33.6 Å². The molecule has 2 saturated heterocycles. The van der Waals surface area contributed by atoms with Gasteiger partial charge in [0, 0.05) is 73.4 Å². The zero-order valence-corrected chi connectivity index (χ0v) is 32.5. The summed E-state index contributed by atoms with van der Waals surface area (Å²) in [6.45, 7) is 5.43. The van der Waals surface area contributed by atoms with Crippen LogP contribution in [0.25, 0.3) is 11.3 Å². The molecule has 16 nitrogen and oxygen atoms in total. The lowest BCUT2D eigenvalue weighted by molar-refractivity contribution is -0.136. The van der Waals surface area contributed by atoms with Gasteiger partial charge in [0.1, 0.15) is 6.04 Å². The molecular formula is C40H44N8O8S. The van der Waals surface area contributed by atoms with Crippen molar-refractivity contribution < 1.29 is 38.3 Å². The van der Waals surface area contributed by atoms with Gasteiger partial charge >= 0.3 is 6.09 Å². The fourth-order valence-corrected chi connectivity index (χ4v) is 8.71. The highest BCUT2D eigenvalue weighted by atomic mass is 32.1. The maximum absolute atomic E-state index is 13.3. The summed E-state index contributed by atoms with van der Waals surface area (Å²) >= 11 is 1.43. The number of aromatic nitrogens is 1. The number of unbranched alkanes of at least 4 members (excludes halogenated alkanes) is 1. The number of hydrogen-bond acceptors (Lipinski definition) is 12. The van der Waals surface area contributed by atoms with Gasteiger partial charge in [-0.15, -0.1) is 11.3 Å². The molecule has 3 aromatic rings. The number of fused-ring (bicyclic) bond motifs is 2. The minimum atomic E-state index is -1.03. The van der Waals surface area contributed by atoms with Crippen molar-refractivity contribution in [2.75, 3.05) is 68.0 Å². The van der Waals surface area contributed by atoms with E-state index in [1.807, 2.05) is 28.9 Å². The summed E-state index contributed by atoms with van der Waals surface area (Å²) in [5.41, 5.74) is 4.80.